The molecule has 8 nitrogen and oxygen atoms in total. The number of oxazole rings is 1. The molecule has 0 aromatic carbocycles. The lowest BCUT2D eigenvalue weighted by atomic mass is 10.2. The number of alkyl halides is 3. The monoisotopic (exact) mass is 390 g/mol. The second kappa shape index (κ2) is 6.22. The fourth-order valence-electron chi connectivity index (χ4n) is 2.78. The maximum atomic E-state index is 12.7. The van der Waals surface area contributed by atoms with E-state index >= 15 is 0 Å². The fourth-order valence-corrected chi connectivity index (χ4v) is 2.78. The molecule has 11 heteroatoms. The Morgan fingerprint density at radius 3 is 2.68 bits per heavy atom. The van der Waals surface area contributed by atoms with Gasteiger partial charge >= 0.3 is 11.9 Å². The molecule has 28 heavy (non-hydrogen) atoms. The van der Waals surface area contributed by atoms with Gasteiger partial charge in [0.15, 0.2) is 0 Å². The molecule has 0 spiro atoms. The first-order valence-electron chi connectivity index (χ1n) is 8.06. The van der Waals surface area contributed by atoms with Crippen molar-refractivity contribution >= 4 is 16.9 Å². The summed E-state index contributed by atoms with van der Waals surface area (Å²) in [5.41, 5.74) is 6.59. The summed E-state index contributed by atoms with van der Waals surface area (Å²) in [6.45, 7) is 1.75. The normalized spacial score (nSPS) is 12.0. The Kier molecular flexibility index (Phi) is 3.95. The van der Waals surface area contributed by atoms with Crippen LogP contribution in [0.5, 0.6) is 0 Å². The number of pyridine rings is 2. The van der Waals surface area contributed by atoms with Gasteiger partial charge in [-0.05, 0) is 24.6 Å². The van der Waals surface area contributed by atoms with Crippen LogP contribution in [0.1, 0.15) is 17.0 Å². The third-order valence-corrected chi connectivity index (χ3v) is 4.09. The highest BCUT2D eigenvalue weighted by molar-refractivity contribution is 5.87. The molecule has 4 aromatic heterocycles. The van der Waals surface area contributed by atoms with Gasteiger partial charge in [0.2, 0.25) is 5.89 Å². The molecule has 0 fully saturated rings. The van der Waals surface area contributed by atoms with Crippen molar-refractivity contribution in [2.24, 2.45) is 0 Å². The Morgan fingerprint density at radius 2 is 2.07 bits per heavy atom. The zero-order chi connectivity index (χ0) is 20.1. The molecule has 4 aromatic rings. The van der Waals surface area contributed by atoms with E-state index in [0.717, 1.165) is 12.3 Å². The Balaban J connectivity index is 1.77. The molecule has 0 radical (unpaired) electrons. The number of nitrogens with two attached hydrogens (primary N) is 1. The Morgan fingerprint density at radius 1 is 1.29 bits per heavy atom. The van der Waals surface area contributed by atoms with Crippen LogP contribution in [0.2, 0.25) is 0 Å². The van der Waals surface area contributed by atoms with Gasteiger partial charge < -0.3 is 15.1 Å². The van der Waals surface area contributed by atoms with E-state index in [1.165, 1.54) is 16.9 Å². The summed E-state index contributed by atoms with van der Waals surface area (Å²) in [7, 11) is 0. The van der Waals surface area contributed by atoms with Crippen LogP contribution in [0.15, 0.2) is 39.9 Å². The van der Waals surface area contributed by atoms with Crippen molar-refractivity contribution < 1.29 is 17.6 Å². The third-order valence-electron chi connectivity index (χ3n) is 4.09. The summed E-state index contributed by atoms with van der Waals surface area (Å²) in [4.78, 5) is 26.7. The minimum Gasteiger partial charge on any atom is -0.443 e. The number of nitrogens with one attached hydrogen (secondary N) is 1. The number of nitrogen functional groups attached to an aromatic ring is 1. The number of halogens is 3. The Bertz CT molecular complexity index is 1220. The van der Waals surface area contributed by atoms with Gasteiger partial charge in [-0.2, -0.15) is 13.2 Å². The third kappa shape index (κ3) is 3.10. The van der Waals surface area contributed by atoms with Crippen molar-refractivity contribution in [1.82, 2.24) is 24.5 Å². The SMILES string of the molecule is Cc1coc(-c2cc3c([nH]c(=O)n3Cc3ccc(C(F)(F)F)nc3)c(N)n2)n1. The van der Waals surface area contributed by atoms with Crippen LogP contribution >= 0.6 is 0 Å². The number of fused-ring (bicyclic) bond motifs is 1. The standard InChI is InChI=1S/C17H13F3N6O2/c1-8-7-28-15(23-8)10-4-11-13(14(21)24-10)25-16(27)26(11)6-9-2-3-12(22-5-9)17(18,19)20/h2-5,7H,6H2,1H3,(H2,21,24)(H,25,27). The minimum atomic E-state index is -4.53. The number of aromatic amines is 1. The number of hydrogen-bond donors (Lipinski definition) is 2. The second-order valence-corrected chi connectivity index (χ2v) is 6.15. The first-order valence-corrected chi connectivity index (χ1v) is 8.06. The maximum absolute atomic E-state index is 12.7. The number of imidazole rings is 1. The smallest absolute Gasteiger partial charge is 0.433 e. The summed E-state index contributed by atoms with van der Waals surface area (Å²) in [6.07, 6.45) is -1.99. The lowest BCUT2D eigenvalue weighted by Gasteiger charge is -2.08. The van der Waals surface area contributed by atoms with Gasteiger partial charge in [0, 0.05) is 6.20 Å². The number of nitrogens with zero attached hydrogens (tertiary/aromatic N) is 4. The summed E-state index contributed by atoms with van der Waals surface area (Å²) in [5, 5.41) is 0. The van der Waals surface area contributed by atoms with Crippen molar-refractivity contribution in [2.75, 3.05) is 5.73 Å². The lowest BCUT2D eigenvalue weighted by Crippen LogP contribution is -2.17. The van der Waals surface area contributed by atoms with E-state index in [9.17, 15) is 18.0 Å². The van der Waals surface area contributed by atoms with Crippen molar-refractivity contribution in [3.63, 3.8) is 0 Å². The molecule has 0 unspecified atom stereocenters. The van der Waals surface area contributed by atoms with Gasteiger partial charge in [0.05, 0.1) is 17.8 Å². The lowest BCUT2D eigenvalue weighted by molar-refractivity contribution is -0.141. The van der Waals surface area contributed by atoms with Crippen LogP contribution < -0.4 is 11.4 Å². The molecule has 0 amide bonds. The molecule has 0 aliphatic rings. The number of hydrogen-bond acceptors (Lipinski definition) is 6. The average Bonchev–Trinajstić information content (AvgIpc) is 3.19. The summed E-state index contributed by atoms with van der Waals surface area (Å²) in [6, 6.07) is 3.71. The van der Waals surface area contributed by atoms with E-state index < -0.39 is 17.6 Å². The first kappa shape index (κ1) is 17.8. The molecule has 0 bridgehead atoms. The average molecular weight is 390 g/mol. The van der Waals surface area contributed by atoms with E-state index in [-0.39, 0.29) is 18.3 Å². The maximum Gasteiger partial charge on any atom is 0.433 e. The van der Waals surface area contributed by atoms with E-state index in [4.69, 9.17) is 10.2 Å². The fraction of sp³-hybridized carbons (Fsp3) is 0.176. The van der Waals surface area contributed by atoms with Gasteiger partial charge in [-0.3, -0.25) is 9.55 Å². The topological polar surface area (TPSA) is 116 Å². The first-order chi connectivity index (χ1) is 13.2. The Labute approximate surface area is 154 Å². The number of anilines is 1. The number of rotatable bonds is 3. The largest absolute Gasteiger partial charge is 0.443 e. The summed E-state index contributed by atoms with van der Waals surface area (Å²) < 4.78 is 44.6. The van der Waals surface area contributed by atoms with Gasteiger partial charge in [0.25, 0.3) is 0 Å². The highest BCUT2D eigenvalue weighted by Gasteiger charge is 2.32. The van der Waals surface area contributed by atoms with Gasteiger partial charge in [0.1, 0.15) is 29.0 Å². The highest BCUT2D eigenvalue weighted by Crippen LogP contribution is 2.28. The predicted molar refractivity (Wildman–Crippen MR) is 93.3 cm³/mol. The molecule has 0 atom stereocenters. The van der Waals surface area contributed by atoms with Crippen LogP contribution in [0, 0.1) is 6.92 Å². The number of aromatic nitrogens is 5. The molecule has 0 saturated heterocycles. The molecule has 0 aliphatic carbocycles. The van der Waals surface area contributed by atoms with Crippen LogP contribution in [-0.2, 0) is 12.7 Å². The van der Waals surface area contributed by atoms with Crippen LogP contribution in [0.25, 0.3) is 22.6 Å². The highest BCUT2D eigenvalue weighted by atomic mass is 19.4. The van der Waals surface area contributed by atoms with Crippen LogP contribution in [0.3, 0.4) is 0 Å². The van der Waals surface area contributed by atoms with Crippen LogP contribution in [-0.4, -0.2) is 24.5 Å². The number of H-pyrrole nitrogens is 1. The van der Waals surface area contributed by atoms with Crippen LogP contribution in [0.4, 0.5) is 19.0 Å². The summed E-state index contributed by atoms with van der Waals surface area (Å²) in [5.74, 6) is 0.312. The van der Waals surface area contributed by atoms with Gasteiger partial charge in [-0.15, -0.1) is 0 Å². The summed E-state index contributed by atoms with van der Waals surface area (Å²) >= 11 is 0. The minimum absolute atomic E-state index is 0.00251. The molecule has 0 aliphatic heterocycles. The van der Waals surface area contributed by atoms with Gasteiger partial charge in [-0.25, -0.2) is 14.8 Å². The molecule has 4 rings (SSSR count). The van der Waals surface area contributed by atoms with E-state index in [0.29, 0.717) is 28.0 Å². The van der Waals surface area contributed by atoms with Crippen molar-refractivity contribution in [3.8, 4) is 11.6 Å². The number of aryl methyl sites for hydroxylation is 1. The quantitative estimate of drug-likeness (QED) is 0.556. The van der Waals surface area contributed by atoms with E-state index in [1.807, 2.05) is 0 Å². The molecule has 144 valence electrons. The van der Waals surface area contributed by atoms with Crippen molar-refractivity contribution in [2.45, 2.75) is 19.6 Å². The molecule has 4 heterocycles. The van der Waals surface area contributed by atoms with Crippen molar-refractivity contribution in [1.29, 1.82) is 0 Å². The van der Waals surface area contributed by atoms with E-state index in [2.05, 4.69) is 19.9 Å². The molecular formula is C17H13F3N6O2. The zero-order valence-electron chi connectivity index (χ0n) is 14.4. The molecular weight excluding hydrogens is 377 g/mol. The predicted octanol–water partition coefficient (Wildman–Crippen LogP) is 2.73. The van der Waals surface area contributed by atoms with E-state index in [1.54, 1.807) is 13.0 Å². The van der Waals surface area contributed by atoms with Crippen molar-refractivity contribution in [3.05, 3.63) is 58.1 Å². The zero-order valence-corrected chi connectivity index (χ0v) is 14.4. The van der Waals surface area contributed by atoms with Gasteiger partial charge in [-0.1, -0.05) is 6.07 Å². The molecule has 0 saturated carbocycles. The molecule has 3 N–H and O–H groups in total. The second-order valence-electron chi connectivity index (χ2n) is 6.15. The Hall–Kier alpha value is -3.63.